The quantitative estimate of drug-likeness (QED) is 0.558. The molecule has 1 heteroatoms. The molecule has 0 saturated carbocycles. The van der Waals surface area contributed by atoms with Crippen LogP contribution in [0.3, 0.4) is 0 Å². The van der Waals surface area contributed by atoms with Crippen LogP contribution in [-0.2, 0) is 0 Å². The van der Waals surface area contributed by atoms with Gasteiger partial charge in [0.1, 0.15) is 0 Å². The first kappa shape index (κ1) is 9.27. The molecule has 0 aromatic carbocycles. The molecule has 0 aliphatic carbocycles. The SMILES string of the molecule is C=CC=C.[Nd]. The van der Waals surface area contributed by atoms with Crippen LogP contribution >= 0.6 is 0 Å². The van der Waals surface area contributed by atoms with E-state index in [0.717, 1.165) is 0 Å². The summed E-state index contributed by atoms with van der Waals surface area (Å²) < 4.78 is 0. The molecular formula is C4H6Nd. The minimum atomic E-state index is 0. The Balaban J connectivity index is 0. The Morgan fingerprint density at radius 3 is 1.20 bits per heavy atom. The van der Waals surface area contributed by atoms with Gasteiger partial charge in [0, 0.05) is 40.8 Å². The molecule has 26 valence electrons. The van der Waals surface area contributed by atoms with Crippen LogP contribution in [0.4, 0.5) is 0 Å². The van der Waals surface area contributed by atoms with Crippen molar-refractivity contribution in [2.24, 2.45) is 0 Å². The van der Waals surface area contributed by atoms with Crippen LogP contribution in [0.25, 0.3) is 0 Å². The second kappa shape index (κ2) is 8.85. The third-order valence-electron chi connectivity index (χ3n) is 0.167. The summed E-state index contributed by atoms with van der Waals surface area (Å²) >= 11 is 0. The summed E-state index contributed by atoms with van der Waals surface area (Å²) in [6, 6.07) is 0. The molecule has 0 heterocycles. The third-order valence-corrected chi connectivity index (χ3v) is 0.167. The molecule has 0 atom stereocenters. The van der Waals surface area contributed by atoms with Gasteiger partial charge in [-0.2, -0.15) is 0 Å². The summed E-state index contributed by atoms with van der Waals surface area (Å²) in [4.78, 5) is 0. The van der Waals surface area contributed by atoms with Crippen LogP contribution in [-0.4, -0.2) is 0 Å². The zero-order chi connectivity index (χ0) is 3.41. The maximum absolute atomic E-state index is 3.36. The minimum Gasteiger partial charge on any atom is -0.0991 e. The number of hydrogen-bond acceptors (Lipinski definition) is 0. The van der Waals surface area contributed by atoms with Gasteiger partial charge in [0.25, 0.3) is 0 Å². The van der Waals surface area contributed by atoms with Gasteiger partial charge in [0.15, 0.2) is 0 Å². The van der Waals surface area contributed by atoms with Gasteiger partial charge in [-0.3, -0.25) is 0 Å². The van der Waals surface area contributed by atoms with E-state index in [1.165, 1.54) is 0 Å². The zero-order valence-electron chi connectivity index (χ0n) is 3.07. The molecule has 0 radical (unpaired) electrons. The van der Waals surface area contributed by atoms with Crippen molar-refractivity contribution in [1.82, 2.24) is 0 Å². The predicted octanol–water partition coefficient (Wildman–Crippen LogP) is 1.36. The molecule has 0 fully saturated rings. The maximum Gasteiger partial charge on any atom is 0 e. The summed E-state index contributed by atoms with van der Waals surface area (Å²) in [5, 5.41) is 0. The van der Waals surface area contributed by atoms with Gasteiger partial charge >= 0.3 is 0 Å². The van der Waals surface area contributed by atoms with Gasteiger partial charge in [-0.25, -0.2) is 0 Å². The van der Waals surface area contributed by atoms with E-state index in [1.807, 2.05) is 0 Å². The van der Waals surface area contributed by atoms with Crippen LogP contribution in [0.1, 0.15) is 0 Å². The Morgan fingerprint density at radius 2 is 1.20 bits per heavy atom. The molecule has 0 saturated heterocycles. The second-order valence-electron chi connectivity index (χ2n) is 0.471. The van der Waals surface area contributed by atoms with Crippen molar-refractivity contribution in [3.8, 4) is 0 Å². The first-order chi connectivity index (χ1) is 1.91. The topological polar surface area (TPSA) is 0 Å². The van der Waals surface area contributed by atoms with Crippen LogP contribution in [0.5, 0.6) is 0 Å². The van der Waals surface area contributed by atoms with Gasteiger partial charge in [-0.05, 0) is 0 Å². The maximum atomic E-state index is 3.36. The Bertz CT molecular complexity index is 24.6. The summed E-state index contributed by atoms with van der Waals surface area (Å²) in [6.07, 6.45) is 3.28. The molecule has 0 aliphatic rings. The van der Waals surface area contributed by atoms with Crippen LogP contribution < -0.4 is 0 Å². The van der Waals surface area contributed by atoms with Crippen LogP contribution in [0.2, 0.25) is 0 Å². The van der Waals surface area contributed by atoms with Crippen molar-refractivity contribution in [2.75, 3.05) is 0 Å². The monoisotopic (exact) mass is 196 g/mol. The molecule has 0 nitrogen and oxygen atoms in total. The van der Waals surface area contributed by atoms with E-state index < -0.39 is 0 Å². The standard InChI is InChI=1S/C4H6.Nd/c1-3-4-2;/h3-4H,1-2H2;. The summed E-state index contributed by atoms with van der Waals surface area (Å²) in [7, 11) is 0. The average Bonchev–Trinajstić information content (AvgIpc) is 1.37. The van der Waals surface area contributed by atoms with Gasteiger partial charge in [0.2, 0.25) is 0 Å². The number of hydrogen-bond donors (Lipinski definition) is 0. The molecule has 0 unspecified atom stereocenters. The van der Waals surface area contributed by atoms with Gasteiger partial charge in [-0.15, -0.1) is 0 Å². The second-order valence-corrected chi connectivity index (χ2v) is 0.471. The van der Waals surface area contributed by atoms with Crippen molar-refractivity contribution in [2.45, 2.75) is 0 Å². The van der Waals surface area contributed by atoms with E-state index in [4.69, 9.17) is 0 Å². The number of allylic oxidation sites excluding steroid dienone is 2. The van der Waals surface area contributed by atoms with Crippen molar-refractivity contribution >= 4 is 0 Å². The van der Waals surface area contributed by atoms with Crippen molar-refractivity contribution in [3.05, 3.63) is 25.3 Å². The predicted molar refractivity (Wildman–Crippen MR) is 20.4 cm³/mol. The summed E-state index contributed by atoms with van der Waals surface area (Å²) in [6.45, 7) is 6.72. The summed E-state index contributed by atoms with van der Waals surface area (Å²) in [5.74, 6) is 0. The molecule has 0 spiro atoms. The molecule has 0 aromatic heterocycles. The van der Waals surface area contributed by atoms with E-state index in [-0.39, 0.29) is 40.8 Å². The van der Waals surface area contributed by atoms with Gasteiger partial charge in [-0.1, -0.05) is 25.3 Å². The molecule has 5 heavy (non-hydrogen) atoms. The fourth-order valence-electron chi connectivity index (χ4n) is 0. The number of rotatable bonds is 1. The van der Waals surface area contributed by atoms with E-state index in [2.05, 4.69) is 13.2 Å². The molecule has 0 amide bonds. The van der Waals surface area contributed by atoms with E-state index in [1.54, 1.807) is 12.2 Å². The average molecular weight is 198 g/mol. The van der Waals surface area contributed by atoms with Crippen molar-refractivity contribution in [1.29, 1.82) is 0 Å². The zero-order valence-corrected chi connectivity index (χ0v) is 6.28. The van der Waals surface area contributed by atoms with Crippen LogP contribution in [0, 0.1) is 40.8 Å². The van der Waals surface area contributed by atoms with Crippen molar-refractivity contribution < 1.29 is 40.8 Å². The van der Waals surface area contributed by atoms with E-state index in [9.17, 15) is 0 Å². The largest absolute Gasteiger partial charge is 0.0991 e. The third kappa shape index (κ3) is 11.5. The summed E-state index contributed by atoms with van der Waals surface area (Å²) in [5.41, 5.74) is 0. The Morgan fingerprint density at radius 1 is 1.00 bits per heavy atom. The van der Waals surface area contributed by atoms with Crippen molar-refractivity contribution in [3.63, 3.8) is 0 Å². The molecular weight excluding hydrogens is 192 g/mol. The first-order valence-electron chi connectivity index (χ1n) is 1.15. The fourth-order valence-corrected chi connectivity index (χ4v) is 0. The Labute approximate surface area is 65.5 Å². The first-order valence-corrected chi connectivity index (χ1v) is 1.15. The Kier molecular flexibility index (Phi) is 16.4. The molecule has 0 aliphatic heterocycles. The minimum absolute atomic E-state index is 0. The molecule has 0 rings (SSSR count). The van der Waals surface area contributed by atoms with Crippen LogP contribution in [0.15, 0.2) is 25.3 Å². The van der Waals surface area contributed by atoms with E-state index in [0.29, 0.717) is 0 Å². The van der Waals surface area contributed by atoms with E-state index >= 15 is 0 Å². The van der Waals surface area contributed by atoms with Gasteiger partial charge in [0.05, 0.1) is 0 Å². The molecule has 0 bridgehead atoms. The molecule has 0 aromatic rings. The molecule has 0 N–H and O–H groups in total. The normalized spacial score (nSPS) is 4.00. The Hall–Kier alpha value is 0.831. The van der Waals surface area contributed by atoms with Gasteiger partial charge < -0.3 is 0 Å². The smallest absolute Gasteiger partial charge is 0 e. The fraction of sp³-hybridized carbons (Fsp3) is 0.